The van der Waals surface area contributed by atoms with E-state index in [1.54, 1.807) is 39.8 Å². The van der Waals surface area contributed by atoms with Crippen molar-refractivity contribution in [3.05, 3.63) is 35.5 Å². The molecule has 2 aromatic rings. The van der Waals surface area contributed by atoms with Crippen LogP contribution in [0.1, 0.15) is 56.6 Å². The van der Waals surface area contributed by atoms with Gasteiger partial charge in [0.1, 0.15) is 17.5 Å². The number of amides is 3. The zero-order valence-electron chi connectivity index (χ0n) is 24.6. The van der Waals surface area contributed by atoms with Crippen LogP contribution in [0.15, 0.2) is 24.3 Å². The molecule has 2 N–H and O–H groups in total. The van der Waals surface area contributed by atoms with Gasteiger partial charge in [0, 0.05) is 44.1 Å². The lowest BCUT2D eigenvalue weighted by Gasteiger charge is -2.35. The fourth-order valence-corrected chi connectivity index (χ4v) is 4.43. The van der Waals surface area contributed by atoms with E-state index in [4.69, 9.17) is 14.2 Å². The summed E-state index contributed by atoms with van der Waals surface area (Å²) in [5, 5.41) is 12.5. The van der Waals surface area contributed by atoms with E-state index >= 15 is 0 Å². The summed E-state index contributed by atoms with van der Waals surface area (Å²) >= 11 is 0. The highest BCUT2D eigenvalue weighted by atomic mass is 16.6. The molecule has 3 rings (SSSR count). The van der Waals surface area contributed by atoms with Gasteiger partial charge in [0.2, 0.25) is 5.91 Å². The van der Waals surface area contributed by atoms with Gasteiger partial charge in [0.05, 0.1) is 18.7 Å². The third-order valence-electron chi connectivity index (χ3n) is 6.66. The molecule has 228 valence electrons. The van der Waals surface area contributed by atoms with E-state index in [9.17, 15) is 29.1 Å². The van der Waals surface area contributed by atoms with Gasteiger partial charge < -0.3 is 34.4 Å². The second-order valence-corrected chi connectivity index (χ2v) is 10.3. The molecule has 1 aromatic heterocycles. The number of piperazine rings is 1. The molecule has 1 saturated heterocycles. The molecule has 1 fully saturated rings. The maximum Gasteiger partial charge on any atom is 0.409 e. The summed E-state index contributed by atoms with van der Waals surface area (Å²) in [6, 6.07) is 5.59. The zero-order valence-corrected chi connectivity index (χ0v) is 24.6. The minimum absolute atomic E-state index is 0.0805. The van der Waals surface area contributed by atoms with Crippen molar-refractivity contribution in [2.75, 3.05) is 39.4 Å². The molecular formula is C29H38N4O9. The van der Waals surface area contributed by atoms with E-state index < -0.39 is 41.5 Å². The number of carboxylic acid groups (broad SMARTS) is 1. The van der Waals surface area contributed by atoms with Crippen molar-refractivity contribution in [2.45, 2.75) is 59.1 Å². The van der Waals surface area contributed by atoms with Crippen molar-refractivity contribution in [3.8, 4) is 5.75 Å². The second kappa shape index (κ2) is 14.0. The zero-order chi connectivity index (χ0) is 31.0. The van der Waals surface area contributed by atoms with E-state index in [1.807, 2.05) is 13.0 Å². The number of carbonyl (C=O) groups excluding carboxylic acids is 4. The Hall–Kier alpha value is -4.42. The molecule has 2 heterocycles. The lowest BCUT2D eigenvalue weighted by atomic mass is 10.1. The highest BCUT2D eigenvalue weighted by Gasteiger charge is 2.34. The van der Waals surface area contributed by atoms with Crippen molar-refractivity contribution in [2.24, 2.45) is 0 Å². The second-order valence-electron chi connectivity index (χ2n) is 10.3. The van der Waals surface area contributed by atoms with Crippen molar-refractivity contribution < 1.29 is 43.3 Å². The van der Waals surface area contributed by atoms with Crippen LogP contribution in [0.5, 0.6) is 5.75 Å². The van der Waals surface area contributed by atoms with E-state index in [0.29, 0.717) is 10.9 Å². The Morgan fingerprint density at radius 2 is 1.64 bits per heavy atom. The number of ether oxygens (including phenoxy) is 3. The molecule has 3 amide bonds. The van der Waals surface area contributed by atoms with Crippen LogP contribution < -0.4 is 10.1 Å². The molecule has 1 aliphatic heterocycles. The fourth-order valence-electron chi connectivity index (χ4n) is 4.43. The highest BCUT2D eigenvalue weighted by Crippen LogP contribution is 2.30. The monoisotopic (exact) mass is 586 g/mol. The molecule has 0 aliphatic carbocycles. The first-order valence-corrected chi connectivity index (χ1v) is 13.9. The summed E-state index contributed by atoms with van der Waals surface area (Å²) in [6.07, 6.45) is -0.974. The Labute approximate surface area is 244 Å². The summed E-state index contributed by atoms with van der Waals surface area (Å²) in [5.74, 6) is -2.68. The maximum absolute atomic E-state index is 13.5. The normalized spacial score (nSPS) is 14.2. The number of hydrogen-bond donors (Lipinski definition) is 2. The van der Waals surface area contributed by atoms with E-state index in [0.717, 1.165) is 5.56 Å². The number of aromatic nitrogens is 1. The topological polar surface area (TPSA) is 165 Å². The minimum Gasteiger partial charge on any atom is -0.481 e. The number of pyridine rings is 1. The molecule has 0 unspecified atom stereocenters. The van der Waals surface area contributed by atoms with Crippen LogP contribution in [0.25, 0.3) is 10.9 Å². The largest absolute Gasteiger partial charge is 0.481 e. The molecule has 13 heteroatoms. The van der Waals surface area contributed by atoms with Gasteiger partial charge in [-0.2, -0.15) is 0 Å². The van der Waals surface area contributed by atoms with Crippen LogP contribution in [-0.2, 0) is 23.9 Å². The number of hydrogen-bond acceptors (Lipinski definition) is 9. The molecule has 0 spiro atoms. The van der Waals surface area contributed by atoms with Crippen LogP contribution in [-0.4, -0.2) is 101 Å². The Morgan fingerprint density at radius 1 is 1.00 bits per heavy atom. The number of esters is 1. The summed E-state index contributed by atoms with van der Waals surface area (Å²) in [4.78, 5) is 70.2. The highest BCUT2D eigenvalue weighted by molar-refractivity contribution is 5.99. The Bertz CT molecular complexity index is 1340. The Balaban J connectivity index is 1.87. The van der Waals surface area contributed by atoms with Crippen LogP contribution in [0.3, 0.4) is 0 Å². The molecule has 42 heavy (non-hydrogen) atoms. The van der Waals surface area contributed by atoms with E-state index in [1.165, 1.54) is 15.9 Å². The third kappa shape index (κ3) is 8.08. The van der Waals surface area contributed by atoms with Crippen molar-refractivity contribution in [1.82, 2.24) is 20.1 Å². The van der Waals surface area contributed by atoms with E-state index in [2.05, 4.69) is 10.3 Å². The Kier molecular flexibility index (Phi) is 10.7. The third-order valence-corrected chi connectivity index (χ3v) is 6.66. The molecule has 1 atom stereocenters. The summed E-state index contributed by atoms with van der Waals surface area (Å²) in [6.45, 7) is 9.63. The van der Waals surface area contributed by atoms with Crippen LogP contribution in [0.4, 0.5) is 4.79 Å². The summed E-state index contributed by atoms with van der Waals surface area (Å²) in [7, 11) is 0. The van der Waals surface area contributed by atoms with Gasteiger partial charge in [-0.3, -0.25) is 14.4 Å². The average Bonchev–Trinajstić information content (AvgIpc) is 2.94. The molecule has 1 aliphatic rings. The maximum atomic E-state index is 13.5. The van der Waals surface area contributed by atoms with Gasteiger partial charge in [-0.25, -0.2) is 14.6 Å². The first kappa shape index (κ1) is 32.1. The van der Waals surface area contributed by atoms with Crippen LogP contribution in [0.2, 0.25) is 0 Å². The van der Waals surface area contributed by atoms with E-state index in [-0.39, 0.29) is 63.7 Å². The van der Waals surface area contributed by atoms with Crippen molar-refractivity contribution >= 4 is 40.7 Å². The first-order valence-electron chi connectivity index (χ1n) is 13.9. The summed E-state index contributed by atoms with van der Waals surface area (Å²) < 4.78 is 16.2. The quantitative estimate of drug-likeness (QED) is 0.374. The first-order chi connectivity index (χ1) is 19.9. The smallest absolute Gasteiger partial charge is 0.409 e. The molecular weight excluding hydrogens is 548 g/mol. The number of fused-ring (bicyclic) bond motifs is 1. The number of benzene rings is 1. The molecule has 0 saturated carbocycles. The predicted octanol–water partition coefficient (Wildman–Crippen LogP) is 2.53. The molecule has 0 radical (unpaired) electrons. The predicted molar refractivity (Wildman–Crippen MR) is 151 cm³/mol. The van der Waals surface area contributed by atoms with Gasteiger partial charge in [0.15, 0.2) is 5.60 Å². The number of aliphatic carboxylic acids is 1. The van der Waals surface area contributed by atoms with Gasteiger partial charge in [0.25, 0.3) is 5.91 Å². The standard InChI is InChI=1S/C29H38N4O9/c1-6-40-27(38)29(4,5)42-23-17-22(30-21-16-18(3)8-9-19(21)23)25(36)31-20(10-11-24(34)35)26(37)32-12-14-33(15-13-32)28(39)41-7-2/h8-9,16-17,20H,6-7,10-15H2,1-5H3,(H,31,36)(H,34,35)/t20-/m0/s1. The number of carboxylic acids is 1. The summed E-state index contributed by atoms with van der Waals surface area (Å²) in [5.41, 5.74) is -0.155. The number of rotatable bonds is 11. The van der Waals surface area contributed by atoms with Gasteiger partial charge in [-0.05, 0) is 58.7 Å². The molecule has 0 bridgehead atoms. The fraction of sp³-hybridized carbons (Fsp3) is 0.517. The average molecular weight is 587 g/mol. The lowest BCUT2D eigenvalue weighted by Crippen LogP contribution is -2.56. The van der Waals surface area contributed by atoms with Crippen LogP contribution in [0, 0.1) is 6.92 Å². The number of nitrogens with one attached hydrogen (secondary N) is 1. The van der Waals surface area contributed by atoms with Gasteiger partial charge in [-0.1, -0.05) is 6.07 Å². The Morgan fingerprint density at radius 3 is 2.26 bits per heavy atom. The van der Waals surface area contributed by atoms with Crippen LogP contribution >= 0.6 is 0 Å². The molecule has 13 nitrogen and oxygen atoms in total. The minimum atomic E-state index is -1.38. The number of aryl methyl sites for hydroxylation is 1. The molecule has 1 aromatic carbocycles. The SMILES string of the molecule is CCOC(=O)N1CCN(C(=O)[C@H](CCC(=O)O)NC(=O)c2cc(OC(C)(C)C(=O)OCC)c3ccc(C)cc3n2)CC1. The van der Waals surface area contributed by atoms with Gasteiger partial charge in [-0.15, -0.1) is 0 Å². The number of nitrogens with zero attached hydrogens (tertiary/aromatic N) is 3. The van der Waals surface area contributed by atoms with Crippen molar-refractivity contribution in [3.63, 3.8) is 0 Å². The number of carbonyl (C=O) groups is 5. The van der Waals surface area contributed by atoms with Gasteiger partial charge >= 0.3 is 18.0 Å². The lowest BCUT2D eigenvalue weighted by molar-refractivity contribution is -0.158. The van der Waals surface area contributed by atoms with Crippen molar-refractivity contribution in [1.29, 1.82) is 0 Å².